The van der Waals surface area contributed by atoms with Crippen molar-refractivity contribution in [1.82, 2.24) is 10.2 Å². The van der Waals surface area contributed by atoms with Crippen molar-refractivity contribution < 1.29 is 4.79 Å². The lowest BCUT2D eigenvalue weighted by molar-refractivity contribution is -0.117. The van der Waals surface area contributed by atoms with E-state index in [1.54, 1.807) is 12.3 Å². The van der Waals surface area contributed by atoms with Gasteiger partial charge in [0.25, 0.3) is 5.91 Å². The summed E-state index contributed by atoms with van der Waals surface area (Å²) in [5.74, 6) is -0.108. The van der Waals surface area contributed by atoms with Crippen LogP contribution in [0.5, 0.6) is 0 Å². The minimum atomic E-state index is -0.108. The highest BCUT2D eigenvalue weighted by atomic mass is 16.2. The van der Waals surface area contributed by atoms with Gasteiger partial charge < -0.3 is 15.5 Å². The van der Waals surface area contributed by atoms with Crippen molar-refractivity contribution in [3.63, 3.8) is 0 Å². The normalized spacial score (nSPS) is 18.6. The van der Waals surface area contributed by atoms with Crippen LogP contribution in [0.4, 0.5) is 5.69 Å². The molecule has 1 aromatic rings. The van der Waals surface area contributed by atoms with Crippen LogP contribution in [0.25, 0.3) is 0 Å². The Balaban J connectivity index is 1.77. The average Bonchev–Trinajstić information content (AvgIpc) is 3.09. The van der Waals surface area contributed by atoms with E-state index in [0.717, 1.165) is 30.8 Å². The molecule has 1 unspecified atom stereocenters. The smallest absolute Gasteiger partial charge is 0.269 e. The number of nitrogens with zero attached hydrogens (tertiary/aromatic N) is 2. The van der Waals surface area contributed by atoms with Gasteiger partial charge in [-0.1, -0.05) is 29.8 Å². The van der Waals surface area contributed by atoms with E-state index in [0.29, 0.717) is 18.3 Å². The second kappa shape index (κ2) is 11.4. The van der Waals surface area contributed by atoms with Crippen LogP contribution in [-0.4, -0.2) is 49.7 Å². The Morgan fingerprint density at radius 2 is 2.14 bits per heavy atom. The second-order valence-corrected chi connectivity index (χ2v) is 7.45. The third-order valence-electron chi connectivity index (χ3n) is 5.22. The Bertz CT molecular complexity index is 736. The van der Waals surface area contributed by atoms with E-state index in [4.69, 9.17) is 0 Å². The summed E-state index contributed by atoms with van der Waals surface area (Å²) in [4.78, 5) is 19.0. The summed E-state index contributed by atoms with van der Waals surface area (Å²) in [6, 6.07) is 8.81. The van der Waals surface area contributed by atoms with E-state index in [1.165, 1.54) is 18.4 Å². The zero-order chi connectivity index (χ0) is 20.4. The first-order chi connectivity index (χ1) is 13.5. The number of carbonyl (C=O) groups is 1. The van der Waals surface area contributed by atoms with Crippen LogP contribution < -0.4 is 10.6 Å². The standard InChI is InChI=1S/C23H34N4O/c1-5-21(23(28)25-15-13-20-10-8-16-27(20)4)24-14-12-18(2)17-26-22-11-7-6-9-19(22)3/h5-7,9,11-12,14,20,26H,8,10,13,15-17H2,1-4H3,(H,25,28)/b18-12+,21-5-,24-14-. The lowest BCUT2D eigenvalue weighted by atomic mass is 10.1. The molecular weight excluding hydrogens is 348 g/mol. The molecule has 0 saturated carbocycles. The van der Waals surface area contributed by atoms with Crippen LogP contribution >= 0.6 is 0 Å². The monoisotopic (exact) mass is 382 g/mol. The number of anilines is 1. The van der Waals surface area contributed by atoms with Crippen LogP contribution in [0, 0.1) is 6.92 Å². The van der Waals surface area contributed by atoms with Crippen molar-refractivity contribution in [2.24, 2.45) is 4.99 Å². The van der Waals surface area contributed by atoms with Crippen molar-refractivity contribution in [3.8, 4) is 0 Å². The molecule has 1 atom stereocenters. The summed E-state index contributed by atoms with van der Waals surface area (Å²) in [5.41, 5.74) is 3.96. The summed E-state index contributed by atoms with van der Waals surface area (Å²) in [7, 11) is 2.16. The Labute approximate surface area is 169 Å². The molecule has 1 aromatic carbocycles. The highest BCUT2D eigenvalue weighted by Gasteiger charge is 2.20. The number of para-hydroxylation sites is 1. The van der Waals surface area contributed by atoms with Crippen molar-refractivity contribution in [1.29, 1.82) is 0 Å². The van der Waals surface area contributed by atoms with Gasteiger partial charge in [-0.25, -0.2) is 0 Å². The SMILES string of the molecule is C\C=C(/N=C\C=C(/C)CNc1ccccc1C)C(=O)NCCC1CCCN1C. The molecule has 5 nitrogen and oxygen atoms in total. The molecule has 1 aliphatic rings. The van der Waals surface area contributed by atoms with Crippen molar-refractivity contribution in [3.05, 3.63) is 53.3 Å². The molecule has 1 heterocycles. The predicted octanol–water partition coefficient (Wildman–Crippen LogP) is 3.93. The molecule has 2 N–H and O–H groups in total. The van der Waals surface area contributed by atoms with Gasteiger partial charge in [0, 0.05) is 31.0 Å². The highest BCUT2D eigenvalue weighted by Crippen LogP contribution is 2.17. The Kier molecular flexibility index (Phi) is 8.95. The largest absolute Gasteiger partial charge is 0.381 e. The summed E-state index contributed by atoms with van der Waals surface area (Å²) < 4.78 is 0. The number of aryl methyl sites for hydroxylation is 1. The van der Waals surface area contributed by atoms with Gasteiger partial charge in [0.1, 0.15) is 5.70 Å². The van der Waals surface area contributed by atoms with Gasteiger partial charge in [-0.2, -0.15) is 0 Å². The fourth-order valence-electron chi connectivity index (χ4n) is 3.36. The van der Waals surface area contributed by atoms with Crippen LogP contribution in [0.3, 0.4) is 0 Å². The second-order valence-electron chi connectivity index (χ2n) is 7.45. The molecule has 0 aromatic heterocycles. The van der Waals surface area contributed by atoms with Gasteiger partial charge in [-0.15, -0.1) is 0 Å². The highest BCUT2D eigenvalue weighted by molar-refractivity contribution is 5.95. The predicted molar refractivity (Wildman–Crippen MR) is 119 cm³/mol. The first-order valence-corrected chi connectivity index (χ1v) is 10.2. The van der Waals surface area contributed by atoms with Gasteiger partial charge >= 0.3 is 0 Å². The van der Waals surface area contributed by atoms with Crippen LogP contribution in [0.2, 0.25) is 0 Å². The summed E-state index contributed by atoms with van der Waals surface area (Å²) in [6.45, 7) is 8.56. The molecule has 0 aliphatic carbocycles. The van der Waals surface area contributed by atoms with E-state index < -0.39 is 0 Å². The number of allylic oxidation sites excluding steroid dienone is 2. The molecule has 1 fully saturated rings. The van der Waals surface area contributed by atoms with Gasteiger partial charge in [0.15, 0.2) is 0 Å². The minimum absolute atomic E-state index is 0.108. The quantitative estimate of drug-likeness (QED) is 0.503. The van der Waals surface area contributed by atoms with Gasteiger partial charge in [-0.3, -0.25) is 9.79 Å². The molecule has 2 rings (SSSR count). The number of hydrogen-bond acceptors (Lipinski definition) is 4. The first-order valence-electron chi connectivity index (χ1n) is 10.2. The summed E-state index contributed by atoms with van der Waals surface area (Å²) >= 11 is 0. The topological polar surface area (TPSA) is 56.7 Å². The number of benzene rings is 1. The first kappa shape index (κ1) is 21.9. The van der Waals surface area contributed by atoms with Crippen LogP contribution in [0.1, 0.15) is 38.7 Å². The number of amides is 1. The lowest BCUT2D eigenvalue weighted by Crippen LogP contribution is -2.32. The molecule has 1 saturated heterocycles. The molecule has 0 spiro atoms. The molecule has 152 valence electrons. The zero-order valence-corrected chi connectivity index (χ0v) is 17.7. The maximum atomic E-state index is 12.3. The Morgan fingerprint density at radius 3 is 2.82 bits per heavy atom. The number of carbonyl (C=O) groups excluding carboxylic acids is 1. The number of likely N-dealkylation sites (tertiary alicyclic amines) is 1. The molecule has 0 bridgehead atoms. The Hall–Kier alpha value is -2.40. The average molecular weight is 383 g/mol. The van der Waals surface area contributed by atoms with E-state index in [1.807, 2.05) is 32.1 Å². The van der Waals surface area contributed by atoms with Crippen molar-refractivity contribution in [2.75, 3.05) is 32.0 Å². The molecule has 1 amide bonds. The van der Waals surface area contributed by atoms with Crippen molar-refractivity contribution >= 4 is 17.8 Å². The fourth-order valence-corrected chi connectivity index (χ4v) is 3.36. The number of hydrogen-bond donors (Lipinski definition) is 2. The van der Waals surface area contributed by atoms with Crippen LogP contribution in [0.15, 0.2) is 52.7 Å². The van der Waals surface area contributed by atoms with E-state index in [9.17, 15) is 4.79 Å². The maximum absolute atomic E-state index is 12.3. The summed E-state index contributed by atoms with van der Waals surface area (Å²) in [5, 5.41) is 6.41. The van der Waals surface area contributed by atoms with E-state index >= 15 is 0 Å². The van der Waals surface area contributed by atoms with Crippen molar-refractivity contribution in [2.45, 2.75) is 46.1 Å². The van der Waals surface area contributed by atoms with Gasteiger partial charge in [0.2, 0.25) is 0 Å². The molecule has 5 heteroatoms. The fraction of sp³-hybridized carbons (Fsp3) is 0.478. The minimum Gasteiger partial charge on any atom is -0.381 e. The number of nitrogens with one attached hydrogen (secondary N) is 2. The van der Waals surface area contributed by atoms with E-state index in [2.05, 4.69) is 46.6 Å². The molecule has 0 radical (unpaired) electrons. The zero-order valence-electron chi connectivity index (χ0n) is 17.7. The number of rotatable bonds is 9. The third kappa shape index (κ3) is 6.97. The molecule has 28 heavy (non-hydrogen) atoms. The van der Waals surface area contributed by atoms with Gasteiger partial charge in [-0.05, 0) is 71.3 Å². The maximum Gasteiger partial charge on any atom is 0.269 e. The number of aliphatic imine (C=N–C) groups is 1. The summed E-state index contributed by atoms with van der Waals surface area (Å²) in [6.07, 6.45) is 8.87. The van der Waals surface area contributed by atoms with Gasteiger partial charge in [0.05, 0.1) is 0 Å². The van der Waals surface area contributed by atoms with E-state index in [-0.39, 0.29) is 5.91 Å². The molecule has 1 aliphatic heterocycles. The van der Waals surface area contributed by atoms with Crippen LogP contribution in [-0.2, 0) is 4.79 Å². The molecular formula is C23H34N4O. The third-order valence-corrected chi connectivity index (χ3v) is 5.22. The Morgan fingerprint density at radius 1 is 1.36 bits per heavy atom. The lowest BCUT2D eigenvalue weighted by Gasteiger charge is -2.19.